The number of urea groups is 1. The van der Waals surface area contributed by atoms with E-state index in [2.05, 4.69) is 27.3 Å². The number of hydrogen-bond donors (Lipinski definition) is 5. The summed E-state index contributed by atoms with van der Waals surface area (Å²) in [7, 11) is 0. The summed E-state index contributed by atoms with van der Waals surface area (Å²) in [5, 5.41) is 23.0. The summed E-state index contributed by atoms with van der Waals surface area (Å²) in [4.78, 5) is 26.3. The number of anilines is 2. The number of aromatic nitrogens is 3. The van der Waals surface area contributed by atoms with Crippen molar-refractivity contribution in [1.29, 1.82) is 0 Å². The first kappa shape index (κ1) is 25.1. The van der Waals surface area contributed by atoms with Gasteiger partial charge in [-0.1, -0.05) is 12.1 Å². The van der Waals surface area contributed by atoms with E-state index < -0.39 is 0 Å². The van der Waals surface area contributed by atoms with Gasteiger partial charge in [0, 0.05) is 31.3 Å². The predicted octanol–water partition coefficient (Wildman–Crippen LogP) is 4.14. The maximum atomic E-state index is 12.0. The van der Waals surface area contributed by atoms with Gasteiger partial charge in [-0.25, -0.2) is 14.8 Å². The lowest BCUT2D eigenvalue weighted by Crippen LogP contribution is -2.47. The number of fused-ring (bicyclic) bond motifs is 1. The van der Waals surface area contributed by atoms with Crippen LogP contribution < -0.4 is 21.3 Å². The van der Waals surface area contributed by atoms with Crippen molar-refractivity contribution in [3.05, 3.63) is 30.0 Å². The summed E-state index contributed by atoms with van der Waals surface area (Å²) in [6.07, 6.45) is 2.90. The highest BCUT2D eigenvalue weighted by Crippen LogP contribution is 2.37. The molecule has 2 heterocycles. The third kappa shape index (κ3) is 6.58. The number of rotatable bonds is 8. The molecular formula is C25H35N7O2S. The third-order valence-corrected chi connectivity index (χ3v) is 6.97. The van der Waals surface area contributed by atoms with E-state index in [4.69, 9.17) is 15.0 Å². The van der Waals surface area contributed by atoms with Gasteiger partial charge in [0.05, 0.1) is 21.5 Å². The summed E-state index contributed by atoms with van der Waals surface area (Å²) < 4.78 is 1.12. The molecule has 10 heteroatoms. The van der Waals surface area contributed by atoms with E-state index >= 15 is 0 Å². The first-order chi connectivity index (χ1) is 16.7. The molecule has 0 aliphatic heterocycles. The van der Waals surface area contributed by atoms with Gasteiger partial charge < -0.3 is 26.4 Å². The number of aliphatic hydroxyl groups is 1. The number of amides is 2. The van der Waals surface area contributed by atoms with Crippen molar-refractivity contribution in [1.82, 2.24) is 25.6 Å². The lowest BCUT2D eigenvalue weighted by Gasteiger charge is -2.21. The van der Waals surface area contributed by atoms with Crippen LogP contribution in [0.5, 0.6) is 0 Å². The molecule has 1 saturated carbocycles. The Morgan fingerprint density at radius 2 is 1.94 bits per heavy atom. The molecule has 1 fully saturated rings. The average Bonchev–Trinajstić information content (AvgIpc) is 3.42. The molecule has 1 aliphatic rings. The van der Waals surface area contributed by atoms with Crippen molar-refractivity contribution in [2.45, 2.75) is 58.5 Å². The number of aliphatic hydroxyl groups excluding tert-OH is 1. The molecule has 0 radical (unpaired) electrons. The molecule has 2 amide bonds. The van der Waals surface area contributed by atoms with E-state index in [0.29, 0.717) is 25.0 Å². The molecule has 5 N–H and O–H groups in total. The van der Waals surface area contributed by atoms with E-state index in [0.717, 1.165) is 51.6 Å². The van der Waals surface area contributed by atoms with Crippen LogP contribution in [0.3, 0.4) is 0 Å². The first-order valence-corrected chi connectivity index (χ1v) is 13.0. The number of benzene rings is 1. The Morgan fingerprint density at radius 1 is 1.14 bits per heavy atom. The highest BCUT2D eigenvalue weighted by atomic mass is 32.1. The van der Waals surface area contributed by atoms with Gasteiger partial charge in [0.1, 0.15) is 10.8 Å². The lowest BCUT2D eigenvalue weighted by molar-refractivity contribution is 0.229. The first-order valence-electron chi connectivity index (χ1n) is 12.1. The van der Waals surface area contributed by atoms with Crippen molar-refractivity contribution >= 4 is 39.4 Å². The van der Waals surface area contributed by atoms with Crippen LogP contribution in [-0.2, 0) is 0 Å². The van der Waals surface area contributed by atoms with Gasteiger partial charge in [-0.15, -0.1) is 11.3 Å². The van der Waals surface area contributed by atoms with E-state index in [1.54, 1.807) is 11.3 Å². The number of nitrogens with zero attached hydrogens (tertiary/aromatic N) is 3. The molecule has 0 saturated heterocycles. The lowest BCUT2D eigenvalue weighted by atomic mass is 10.1. The maximum Gasteiger partial charge on any atom is 0.315 e. The van der Waals surface area contributed by atoms with Crippen LogP contribution in [0, 0.1) is 12.8 Å². The van der Waals surface area contributed by atoms with Crippen molar-refractivity contribution in [3.8, 4) is 10.6 Å². The minimum atomic E-state index is -0.288. The Kier molecular flexibility index (Phi) is 7.71. The molecule has 9 nitrogen and oxygen atoms in total. The normalized spacial score (nSPS) is 18.0. The van der Waals surface area contributed by atoms with Crippen LogP contribution in [0.1, 0.15) is 45.7 Å². The zero-order valence-electron chi connectivity index (χ0n) is 20.8. The van der Waals surface area contributed by atoms with E-state index in [-0.39, 0.29) is 24.2 Å². The molecule has 35 heavy (non-hydrogen) atoms. The SMILES string of the molecule is Cc1nc(NCCNC(=O)NC(C)(C)C)nc(N[C@H]2CC[C@@H](CO)C2)c1-c1nc2ccccc2s1. The fourth-order valence-corrected chi connectivity index (χ4v) is 5.36. The standard InChI is InChI=1S/C25H35N7O2S/c1-15-20(22-30-18-7-5-6-8-19(18)35-22)21(29-17-10-9-16(13-17)14-33)31-23(28-15)26-11-12-27-24(34)32-25(2,3)4/h5-8,16-17,33H,9-14H2,1-4H3,(H2,27,32,34)(H2,26,28,29,31)/t16-,17+/m1/s1. The van der Waals surface area contributed by atoms with Gasteiger partial charge in [0.2, 0.25) is 5.95 Å². The molecule has 0 bridgehead atoms. The maximum absolute atomic E-state index is 12.0. The third-order valence-electron chi connectivity index (χ3n) is 5.92. The molecule has 1 aliphatic carbocycles. The highest BCUT2D eigenvalue weighted by Gasteiger charge is 2.26. The molecular weight excluding hydrogens is 462 g/mol. The second-order valence-corrected chi connectivity index (χ2v) is 11.1. The second kappa shape index (κ2) is 10.7. The molecule has 2 atom stereocenters. The fraction of sp³-hybridized carbons (Fsp3) is 0.520. The topological polar surface area (TPSA) is 124 Å². The Balaban J connectivity index is 1.53. The summed E-state index contributed by atoms with van der Waals surface area (Å²) in [6.45, 7) is 8.94. The van der Waals surface area contributed by atoms with Gasteiger partial charge in [0.15, 0.2) is 0 Å². The number of carbonyl (C=O) groups excluding carboxylic acids is 1. The Bertz CT molecular complexity index is 1140. The number of thiazole rings is 1. The molecule has 188 valence electrons. The fourth-order valence-electron chi connectivity index (χ4n) is 4.29. The number of aryl methyl sites for hydroxylation is 1. The number of carbonyl (C=O) groups is 1. The zero-order valence-corrected chi connectivity index (χ0v) is 21.6. The largest absolute Gasteiger partial charge is 0.396 e. The Hall–Kier alpha value is -2.98. The molecule has 1 aromatic carbocycles. The van der Waals surface area contributed by atoms with Gasteiger partial charge in [-0.2, -0.15) is 4.98 Å². The van der Waals surface area contributed by atoms with Gasteiger partial charge in [-0.05, 0) is 65.0 Å². The number of nitrogens with one attached hydrogen (secondary N) is 4. The summed E-state index contributed by atoms with van der Waals surface area (Å²) >= 11 is 1.63. The second-order valence-electron chi connectivity index (χ2n) is 10.1. The number of hydrogen-bond acceptors (Lipinski definition) is 8. The molecule has 4 rings (SSSR count). The van der Waals surface area contributed by atoms with Crippen LogP contribution in [0.4, 0.5) is 16.6 Å². The minimum Gasteiger partial charge on any atom is -0.396 e. The van der Waals surface area contributed by atoms with Gasteiger partial charge in [0.25, 0.3) is 0 Å². The monoisotopic (exact) mass is 497 g/mol. The molecule has 0 unspecified atom stereocenters. The van der Waals surface area contributed by atoms with E-state index in [1.807, 2.05) is 45.9 Å². The van der Waals surface area contributed by atoms with Crippen LogP contribution in [0.2, 0.25) is 0 Å². The summed E-state index contributed by atoms with van der Waals surface area (Å²) in [5.74, 6) is 1.58. The molecule has 2 aromatic heterocycles. The van der Waals surface area contributed by atoms with Crippen molar-refractivity contribution in [2.24, 2.45) is 5.92 Å². The number of para-hydroxylation sites is 1. The molecule has 0 spiro atoms. The minimum absolute atomic E-state index is 0.204. The predicted molar refractivity (Wildman–Crippen MR) is 142 cm³/mol. The highest BCUT2D eigenvalue weighted by molar-refractivity contribution is 7.21. The Labute approximate surface area is 210 Å². The summed E-state index contributed by atoms with van der Waals surface area (Å²) in [5.41, 5.74) is 2.41. The average molecular weight is 498 g/mol. The quantitative estimate of drug-likeness (QED) is 0.296. The van der Waals surface area contributed by atoms with Crippen LogP contribution in [0.15, 0.2) is 24.3 Å². The van der Waals surface area contributed by atoms with Crippen molar-refractivity contribution in [3.63, 3.8) is 0 Å². The van der Waals surface area contributed by atoms with Crippen molar-refractivity contribution in [2.75, 3.05) is 30.3 Å². The van der Waals surface area contributed by atoms with Crippen molar-refractivity contribution < 1.29 is 9.90 Å². The van der Waals surface area contributed by atoms with Crippen LogP contribution >= 0.6 is 11.3 Å². The van der Waals surface area contributed by atoms with Crippen LogP contribution in [-0.4, -0.2) is 57.4 Å². The summed E-state index contributed by atoms with van der Waals surface area (Å²) in [6, 6.07) is 8.13. The van der Waals surface area contributed by atoms with Crippen LogP contribution in [0.25, 0.3) is 20.8 Å². The van der Waals surface area contributed by atoms with E-state index in [1.165, 1.54) is 0 Å². The van der Waals surface area contributed by atoms with E-state index in [9.17, 15) is 9.90 Å². The molecule has 3 aromatic rings. The Morgan fingerprint density at radius 3 is 2.66 bits per heavy atom. The van der Waals surface area contributed by atoms with Gasteiger partial charge in [-0.3, -0.25) is 0 Å². The zero-order chi connectivity index (χ0) is 25.0. The smallest absolute Gasteiger partial charge is 0.315 e. The van der Waals surface area contributed by atoms with Gasteiger partial charge >= 0.3 is 6.03 Å².